The minimum absolute atomic E-state index is 0.141. The number of halogens is 1. The zero-order valence-electron chi connectivity index (χ0n) is 10.7. The summed E-state index contributed by atoms with van der Waals surface area (Å²) in [5, 5.41) is 3.82. The summed E-state index contributed by atoms with van der Waals surface area (Å²) in [5.74, 6) is -0.421. The second-order valence-corrected chi connectivity index (χ2v) is 4.59. The number of H-pyrrole nitrogens is 1. The van der Waals surface area contributed by atoms with Crippen molar-refractivity contribution >= 4 is 16.8 Å². The summed E-state index contributed by atoms with van der Waals surface area (Å²) in [6.07, 6.45) is 1.84. The van der Waals surface area contributed by atoms with E-state index in [0.717, 1.165) is 16.5 Å². The molecule has 2 N–H and O–H groups in total. The molecule has 3 aromatic rings. The van der Waals surface area contributed by atoms with E-state index in [-0.39, 0.29) is 11.7 Å². The van der Waals surface area contributed by atoms with Gasteiger partial charge < -0.3 is 10.3 Å². The largest absolute Gasteiger partial charge is 0.361 e. The molecule has 4 heteroatoms. The van der Waals surface area contributed by atoms with Crippen molar-refractivity contribution in [1.82, 2.24) is 10.3 Å². The summed E-state index contributed by atoms with van der Waals surface area (Å²) in [5.41, 5.74) is 2.47. The van der Waals surface area contributed by atoms with Crippen LogP contribution in [0.1, 0.15) is 15.9 Å². The van der Waals surface area contributed by atoms with Gasteiger partial charge >= 0.3 is 0 Å². The predicted molar refractivity (Wildman–Crippen MR) is 75.9 cm³/mol. The first-order chi connectivity index (χ1) is 9.72. The number of hydrogen-bond donors (Lipinski definition) is 2. The van der Waals surface area contributed by atoms with Crippen molar-refractivity contribution in [2.75, 3.05) is 0 Å². The van der Waals surface area contributed by atoms with Gasteiger partial charge in [0.05, 0.1) is 0 Å². The molecule has 0 atom stereocenters. The highest BCUT2D eigenvalue weighted by Crippen LogP contribution is 2.14. The molecule has 0 spiro atoms. The molecular formula is C16H13FN2O. The molecule has 0 aliphatic rings. The Morgan fingerprint density at radius 1 is 1.10 bits per heavy atom. The Morgan fingerprint density at radius 3 is 2.70 bits per heavy atom. The van der Waals surface area contributed by atoms with Crippen LogP contribution in [0.15, 0.2) is 54.7 Å². The van der Waals surface area contributed by atoms with Crippen molar-refractivity contribution in [2.45, 2.75) is 6.54 Å². The van der Waals surface area contributed by atoms with Gasteiger partial charge in [0, 0.05) is 29.2 Å². The van der Waals surface area contributed by atoms with Gasteiger partial charge in [0.2, 0.25) is 0 Å². The van der Waals surface area contributed by atoms with Crippen LogP contribution in [0.5, 0.6) is 0 Å². The van der Waals surface area contributed by atoms with E-state index in [0.29, 0.717) is 12.1 Å². The summed E-state index contributed by atoms with van der Waals surface area (Å²) in [6, 6.07) is 13.5. The Labute approximate surface area is 115 Å². The molecule has 1 aromatic heterocycles. The quantitative estimate of drug-likeness (QED) is 0.752. The average molecular weight is 268 g/mol. The van der Waals surface area contributed by atoms with Crippen molar-refractivity contribution in [3.8, 4) is 0 Å². The number of amides is 1. The Balaban J connectivity index is 1.70. The summed E-state index contributed by atoms with van der Waals surface area (Å²) in [7, 11) is 0. The van der Waals surface area contributed by atoms with Crippen molar-refractivity contribution in [1.29, 1.82) is 0 Å². The van der Waals surface area contributed by atoms with E-state index in [9.17, 15) is 9.18 Å². The standard InChI is InChI=1S/C16H13FN2O/c17-14-4-1-11(2-5-14)10-19-16(20)13-3-6-15-12(9-13)7-8-18-15/h1-9,18H,10H2,(H,19,20). The van der Waals surface area contributed by atoms with Gasteiger partial charge in [-0.1, -0.05) is 12.1 Å². The highest BCUT2D eigenvalue weighted by molar-refractivity contribution is 5.98. The van der Waals surface area contributed by atoms with E-state index in [1.165, 1.54) is 12.1 Å². The lowest BCUT2D eigenvalue weighted by molar-refractivity contribution is 0.0951. The fraction of sp³-hybridized carbons (Fsp3) is 0.0625. The van der Waals surface area contributed by atoms with Crippen LogP contribution < -0.4 is 5.32 Å². The minimum Gasteiger partial charge on any atom is -0.361 e. The van der Waals surface area contributed by atoms with Crippen LogP contribution in [0.4, 0.5) is 4.39 Å². The van der Waals surface area contributed by atoms with E-state index >= 15 is 0 Å². The third-order valence-corrected chi connectivity index (χ3v) is 3.18. The fourth-order valence-electron chi connectivity index (χ4n) is 2.08. The third-order valence-electron chi connectivity index (χ3n) is 3.18. The van der Waals surface area contributed by atoms with Gasteiger partial charge in [0.1, 0.15) is 5.82 Å². The topological polar surface area (TPSA) is 44.9 Å². The van der Waals surface area contributed by atoms with E-state index in [1.54, 1.807) is 18.2 Å². The number of nitrogens with one attached hydrogen (secondary N) is 2. The normalized spacial score (nSPS) is 10.7. The number of rotatable bonds is 3. The van der Waals surface area contributed by atoms with Gasteiger partial charge in [-0.3, -0.25) is 4.79 Å². The molecule has 3 rings (SSSR count). The Morgan fingerprint density at radius 2 is 1.90 bits per heavy atom. The summed E-state index contributed by atoms with van der Waals surface area (Å²) < 4.78 is 12.8. The van der Waals surface area contributed by atoms with Gasteiger partial charge in [-0.2, -0.15) is 0 Å². The molecule has 100 valence electrons. The first-order valence-corrected chi connectivity index (χ1v) is 6.32. The first-order valence-electron chi connectivity index (χ1n) is 6.32. The summed E-state index contributed by atoms with van der Waals surface area (Å²) >= 11 is 0. The van der Waals surface area contributed by atoms with Crippen molar-refractivity contribution in [3.05, 3.63) is 71.7 Å². The molecule has 3 nitrogen and oxygen atoms in total. The predicted octanol–water partition coefficient (Wildman–Crippen LogP) is 3.24. The lowest BCUT2D eigenvalue weighted by Gasteiger charge is -2.05. The van der Waals surface area contributed by atoms with E-state index in [1.807, 2.05) is 24.4 Å². The lowest BCUT2D eigenvalue weighted by Crippen LogP contribution is -2.22. The van der Waals surface area contributed by atoms with E-state index in [4.69, 9.17) is 0 Å². The summed E-state index contributed by atoms with van der Waals surface area (Å²) in [4.78, 5) is 15.1. The lowest BCUT2D eigenvalue weighted by atomic mass is 10.1. The molecule has 0 saturated heterocycles. The van der Waals surface area contributed by atoms with Crippen LogP contribution >= 0.6 is 0 Å². The molecule has 0 bridgehead atoms. The van der Waals surface area contributed by atoms with Crippen LogP contribution in [0.2, 0.25) is 0 Å². The SMILES string of the molecule is O=C(NCc1ccc(F)cc1)c1ccc2[nH]ccc2c1. The number of benzene rings is 2. The zero-order chi connectivity index (χ0) is 13.9. The Kier molecular flexibility index (Phi) is 3.21. The van der Waals surface area contributed by atoms with Gasteiger partial charge in [0.25, 0.3) is 5.91 Å². The first kappa shape index (κ1) is 12.4. The van der Waals surface area contributed by atoms with Crippen molar-refractivity contribution in [3.63, 3.8) is 0 Å². The average Bonchev–Trinajstić information content (AvgIpc) is 2.93. The molecule has 0 radical (unpaired) electrons. The Bertz CT molecular complexity index is 747. The number of carbonyl (C=O) groups excluding carboxylic acids is 1. The zero-order valence-corrected chi connectivity index (χ0v) is 10.7. The van der Waals surface area contributed by atoms with Gasteiger partial charge in [-0.15, -0.1) is 0 Å². The number of aromatic nitrogens is 1. The van der Waals surface area contributed by atoms with Gasteiger partial charge in [0.15, 0.2) is 0 Å². The maximum Gasteiger partial charge on any atom is 0.251 e. The van der Waals surface area contributed by atoms with Crippen molar-refractivity contribution in [2.24, 2.45) is 0 Å². The summed E-state index contributed by atoms with van der Waals surface area (Å²) in [6.45, 7) is 0.379. The van der Waals surface area contributed by atoms with E-state index in [2.05, 4.69) is 10.3 Å². The van der Waals surface area contributed by atoms with Gasteiger partial charge in [-0.25, -0.2) is 4.39 Å². The molecule has 1 amide bonds. The smallest absolute Gasteiger partial charge is 0.251 e. The number of carbonyl (C=O) groups is 1. The molecule has 0 unspecified atom stereocenters. The van der Waals surface area contributed by atoms with Crippen LogP contribution in [0.25, 0.3) is 10.9 Å². The molecular weight excluding hydrogens is 255 g/mol. The monoisotopic (exact) mass is 268 g/mol. The van der Waals surface area contributed by atoms with E-state index < -0.39 is 0 Å². The number of aromatic amines is 1. The number of hydrogen-bond acceptors (Lipinski definition) is 1. The molecule has 2 aromatic carbocycles. The van der Waals surface area contributed by atoms with Gasteiger partial charge in [-0.05, 0) is 42.0 Å². The maximum atomic E-state index is 12.8. The number of fused-ring (bicyclic) bond motifs is 1. The minimum atomic E-state index is -0.280. The molecule has 20 heavy (non-hydrogen) atoms. The van der Waals surface area contributed by atoms with Crippen LogP contribution in [0.3, 0.4) is 0 Å². The van der Waals surface area contributed by atoms with Crippen LogP contribution in [-0.4, -0.2) is 10.9 Å². The van der Waals surface area contributed by atoms with Crippen LogP contribution in [-0.2, 0) is 6.54 Å². The van der Waals surface area contributed by atoms with Crippen molar-refractivity contribution < 1.29 is 9.18 Å². The second-order valence-electron chi connectivity index (χ2n) is 4.59. The molecule has 0 aliphatic heterocycles. The molecule has 0 fully saturated rings. The Hall–Kier alpha value is -2.62. The highest BCUT2D eigenvalue weighted by atomic mass is 19.1. The molecule has 1 heterocycles. The van der Waals surface area contributed by atoms with Crippen LogP contribution in [0, 0.1) is 5.82 Å². The third kappa shape index (κ3) is 2.54. The molecule has 0 saturated carbocycles. The fourth-order valence-corrected chi connectivity index (χ4v) is 2.08. The highest BCUT2D eigenvalue weighted by Gasteiger charge is 2.06. The maximum absolute atomic E-state index is 12.8. The second kappa shape index (κ2) is 5.17. The molecule has 0 aliphatic carbocycles.